The van der Waals surface area contributed by atoms with Gasteiger partial charge in [0.25, 0.3) is 0 Å². The highest BCUT2D eigenvalue weighted by Gasteiger charge is 2.28. The molecule has 1 rings (SSSR count). The van der Waals surface area contributed by atoms with E-state index in [0.29, 0.717) is 0 Å². The average Bonchev–Trinajstić information content (AvgIpc) is 2.35. The number of sulfonamides is 1. The van der Waals surface area contributed by atoms with E-state index in [1.165, 1.54) is 0 Å². The third-order valence-electron chi connectivity index (χ3n) is 2.59. The molecule has 7 heteroatoms. The Kier molecular flexibility index (Phi) is 5.00. The summed E-state index contributed by atoms with van der Waals surface area (Å²) in [4.78, 5) is -0.619. The number of hydrogen-bond donors (Lipinski definition) is 1. The van der Waals surface area contributed by atoms with Gasteiger partial charge < -0.3 is 5.73 Å². The Morgan fingerprint density at radius 2 is 2.05 bits per heavy atom. The summed E-state index contributed by atoms with van der Waals surface area (Å²) < 4.78 is 52.6. The Morgan fingerprint density at radius 1 is 1.42 bits per heavy atom. The Bertz CT molecular complexity index is 609. The second-order valence-corrected chi connectivity index (χ2v) is 5.58. The first-order valence-corrected chi connectivity index (χ1v) is 6.94. The smallest absolute Gasteiger partial charge is 0.246 e. The minimum absolute atomic E-state index is 0.0846. The fraction of sp³-hybridized carbons (Fsp3) is 0.333. The van der Waals surface area contributed by atoms with E-state index in [9.17, 15) is 17.2 Å². The third-order valence-corrected chi connectivity index (χ3v) is 4.53. The normalized spacial score (nSPS) is 11.6. The fourth-order valence-electron chi connectivity index (χ4n) is 1.57. The zero-order chi connectivity index (χ0) is 14.6. The van der Waals surface area contributed by atoms with Gasteiger partial charge in [0.2, 0.25) is 10.0 Å². The van der Waals surface area contributed by atoms with Gasteiger partial charge in [-0.2, -0.15) is 4.31 Å². The molecule has 19 heavy (non-hydrogen) atoms. The van der Waals surface area contributed by atoms with Gasteiger partial charge in [-0.15, -0.1) is 6.42 Å². The lowest BCUT2D eigenvalue weighted by Crippen LogP contribution is -2.32. The lowest BCUT2D eigenvalue weighted by atomic mass is 10.2. The van der Waals surface area contributed by atoms with Gasteiger partial charge in [0, 0.05) is 18.7 Å². The van der Waals surface area contributed by atoms with Crippen LogP contribution in [0.2, 0.25) is 0 Å². The summed E-state index contributed by atoms with van der Waals surface area (Å²) in [5.74, 6) is 0.135. The first-order valence-electron chi connectivity index (χ1n) is 5.50. The Hall–Kier alpha value is -1.49. The van der Waals surface area contributed by atoms with Crippen molar-refractivity contribution in [3.05, 3.63) is 29.3 Å². The first-order chi connectivity index (χ1) is 8.89. The molecule has 0 aliphatic rings. The molecule has 0 spiro atoms. The largest absolute Gasteiger partial charge is 0.326 e. The van der Waals surface area contributed by atoms with Crippen LogP contribution in [0.25, 0.3) is 0 Å². The van der Waals surface area contributed by atoms with Crippen LogP contribution in [-0.2, 0) is 16.6 Å². The van der Waals surface area contributed by atoms with Gasteiger partial charge in [0.1, 0.15) is 10.7 Å². The second-order valence-electron chi connectivity index (χ2n) is 3.68. The third kappa shape index (κ3) is 2.92. The quantitative estimate of drug-likeness (QED) is 0.824. The Labute approximate surface area is 111 Å². The van der Waals surface area contributed by atoms with Crippen LogP contribution in [0.1, 0.15) is 12.5 Å². The number of benzene rings is 1. The van der Waals surface area contributed by atoms with Crippen LogP contribution in [0.4, 0.5) is 8.78 Å². The number of hydrogen-bond acceptors (Lipinski definition) is 3. The molecule has 0 bridgehead atoms. The molecule has 0 atom stereocenters. The van der Waals surface area contributed by atoms with Gasteiger partial charge in [-0.1, -0.05) is 12.8 Å². The topological polar surface area (TPSA) is 63.4 Å². The predicted molar refractivity (Wildman–Crippen MR) is 67.5 cm³/mol. The second kappa shape index (κ2) is 6.10. The van der Waals surface area contributed by atoms with Crippen LogP contribution in [0.3, 0.4) is 0 Å². The maximum Gasteiger partial charge on any atom is 0.246 e. The highest BCUT2D eigenvalue weighted by molar-refractivity contribution is 7.89. The van der Waals surface area contributed by atoms with E-state index in [0.717, 1.165) is 16.4 Å². The highest BCUT2D eigenvalue weighted by atomic mass is 32.2. The van der Waals surface area contributed by atoms with Gasteiger partial charge in [-0.05, 0) is 12.1 Å². The molecule has 2 N–H and O–H groups in total. The van der Waals surface area contributed by atoms with Crippen LogP contribution in [0.5, 0.6) is 0 Å². The van der Waals surface area contributed by atoms with Crippen molar-refractivity contribution in [3.8, 4) is 12.3 Å². The number of nitrogens with two attached hydrogens (primary N) is 1. The van der Waals surface area contributed by atoms with Crippen LogP contribution in [-0.4, -0.2) is 25.8 Å². The number of halogens is 2. The summed E-state index contributed by atoms with van der Waals surface area (Å²) in [6.07, 6.45) is 5.07. The van der Waals surface area contributed by atoms with Gasteiger partial charge >= 0.3 is 0 Å². The Morgan fingerprint density at radius 3 is 2.53 bits per heavy atom. The maximum atomic E-state index is 14.0. The van der Waals surface area contributed by atoms with E-state index < -0.39 is 38.7 Å². The van der Waals surface area contributed by atoms with Crippen molar-refractivity contribution in [1.82, 2.24) is 4.31 Å². The van der Waals surface area contributed by atoms with Crippen molar-refractivity contribution in [1.29, 1.82) is 0 Å². The van der Waals surface area contributed by atoms with Crippen LogP contribution in [0.15, 0.2) is 17.0 Å². The molecule has 104 valence electrons. The molecular formula is C12H14F2N2O2S. The van der Waals surface area contributed by atoms with Crippen LogP contribution >= 0.6 is 0 Å². The van der Waals surface area contributed by atoms with Crippen molar-refractivity contribution >= 4 is 10.0 Å². The molecule has 0 saturated carbocycles. The van der Waals surface area contributed by atoms with Crippen molar-refractivity contribution in [3.63, 3.8) is 0 Å². The van der Waals surface area contributed by atoms with Crippen LogP contribution in [0, 0.1) is 24.0 Å². The molecule has 0 radical (unpaired) electrons. The number of rotatable bonds is 5. The van der Waals surface area contributed by atoms with Crippen molar-refractivity contribution < 1.29 is 17.2 Å². The fourth-order valence-corrected chi connectivity index (χ4v) is 3.02. The minimum Gasteiger partial charge on any atom is -0.326 e. The standard InChI is InChI=1S/C12H14F2N2O2S/c1-3-7-16(4-2)19(17,18)11-6-5-10(13)9(8-15)12(11)14/h1,5-6H,4,7-8,15H2,2H3. The van der Waals surface area contributed by atoms with Crippen molar-refractivity contribution in [2.45, 2.75) is 18.4 Å². The SMILES string of the molecule is C#CCN(CC)S(=O)(=O)c1ccc(F)c(CN)c1F. The molecule has 1 aromatic carbocycles. The highest BCUT2D eigenvalue weighted by Crippen LogP contribution is 2.23. The van der Waals surface area contributed by atoms with Crippen molar-refractivity contribution in [2.24, 2.45) is 5.73 Å². The van der Waals surface area contributed by atoms with Crippen molar-refractivity contribution in [2.75, 3.05) is 13.1 Å². The maximum absolute atomic E-state index is 14.0. The van der Waals surface area contributed by atoms with Gasteiger partial charge in [-0.3, -0.25) is 0 Å². The molecule has 0 fully saturated rings. The molecular weight excluding hydrogens is 274 g/mol. The summed E-state index contributed by atoms with van der Waals surface area (Å²) in [6, 6.07) is 1.75. The molecule has 1 aromatic rings. The van der Waals surface area contributed by atoms with Crippen LogP contribution < -0.4 is 5.73 Å². The van der Waals surface area contributed by atoms with Gasteiger partial charge in [0.05, 0.1) is 6.54 Å². The minimum atomic E-state index is -4.10. The van der Waals surface area contributed by atoms with E-state index in [1.807, 2.05) is 0 Å². The lowest BCUT2D eigenvalue weighted by Gasteiger charge is -2.19. The molecule has 0 aliphatic heterocycles. The van der Waals surface area contributed by atoms with E-state index >= 15 is 0 Å². The number of nitrogens with zero attached hydrogens (tertiary/aromatic N) is 1. The monoisotopic (exact) mass is 288 g/mol. The lowest BCUT2D eigenvalue weighted by molar-refractivity contribution is 0.454. The molecule has 0 aromatic heterocycles. The molecule has 4 nitrogen and oxygen atoms in total. The zero-order valence-corrected chi connectivity index (χ0v) is 11.2. The molecule has 0 amide bonds. The average molecular weight is 288 g/mol. The van der Waals surface area contributed by atoms with E-state index in [-0.39, 0.29) is 13.1 Å². The first kappa shape index (κ1) is 15.6. The number of terminal acetylenes is 1. The molecule has 0 unspecified atom stereocenters. The summed E-state index contributed by atoms with van der Waals surface area (Å²) in [7, 11) is -4.10. The predicted octanol–water partition coefficient (Wildman–Crippen LogP) is 1.07. The molecule has 0 heterocycles. The van der Waals surface area contributed by atoms with Gasteiger partial charge in [-0.25, -0.2) is 17.2 Å². The van der Waals surface area contributed by atoms with E-state index in [1.54, 1.807) is 6.92 Å². The van der Waals surface area contributed by atoms with E-state index in [4.69, 9.17) is 12.2 Å². The molecule has 0 aliphatic carbocycles. The zero-order valence-electron chi connectivity index (χ0n) is 10.4. The van der Waals surface area contributed by atoms with E-state index in [2.05, 4.69) is 5.92 Å². The molecule has 0 saturated heterocycles. The summed E-state index contributed by atoms with van der Waals surface area (Å²) in [5, 5.41) is 0. The summed E-state index contributed by atoms with van der Waals surface area (Å²) >= 11 is 0. The summed E-state index contributed by atoms with van der Waals surface area (Å²) in [5.41, 5.74) is 4.75. The summed E-state index contributed by atoms with van der Waals surface area (Å²) in [6.45, 7) is 1.04. The van der Waals surface area contributed by atoms with Gasteiger partial charge in [0.15, 0.2) is 5.82 Å². The Balaban J connectivity index is 3.42.